The Hall–Kier alpha value is 0.600. The molecule has 1 atom stereocenters. The summed E-state index contributed by atoms with van der Waals surface area (Å²) in [5.74, 6) is 3.07. The largest absolute Gasteiger partial charge is 0.314 e. The van der Waals surface area contributed by atoms with E-state index in [0.29, 0.717) is 11.3 Å². The molecule has 0 aliphatic heterocycles. The molecular weight excluding hydrogens is 214 g/mol. The van der Waals surface area contributed by atoms with Gasteiger partial charge in [0.15, 0.2) is 0 Å². The maximum atomic E-state index is 6.29. The molecule has 0 aromatic carbocycles. The van der Waals surface area contributed by atoms with Crippen LogP contribution in [-0.4, -0.2) is 30.0 Å². The number of hydrogen-bond donors (Lipinski definition) is 1. The van der Waals surface area contributed by atoms with Gasteiger partial charge in [-0.2, -0.15) is 11.8 Å². The molecule has 0 heterocycles. The standard InChI is InChI=1S/C11H24ClNS/c1-4-10(5-2)11(12)9-13-7-8-14-6-3/h10-11,13H,4-9H2,1-3H3. The molecule has 0 radical (unpaired) electrons. The summed E-state index contributed by atoms with van der Waals surface area (Å²) in [4.78, 5) is 0. The van der Waals surface area contributed by atoms with Crippen LogP contribution in [0, 0.1) is 5.92 Å². The second-order valence-corrected chi connectivity index (χ2v) is 5.45. The third-order valence-corrected chi connectivity index (χ3v) is 3.94. The Bertz CT molecular complexity index is 118. The zero-order valence-corrected chi connectivity index (χ0v) is 11.3. The fraction of sp³-hybridized carbons (Fsp3) is 1.00. The maximum absolute atomic E-state index is 6.29. The Morgan fingerprint density at radius 3 is 2.36 bits per heavy atom. The number of halogens is 1. The van der Waals surface area contributed by atoms with Gasteiger partial charge >= 0.3 is 0 Å². The van der Waals surface area contributed by atoms with Gasteiger partial charge in [-0.05, 0) is 11.7 Å². The van der Waals surface area contributed by atoms with Crippen LogP contribution in [0.2, 0.25) is 0 Å². The second-order valence-electron chi connectivity index (χ2n) is 3.49. The van der Waals surface area contributed by atoms with Crippen LogP contribution in [0.15, 0.2) is 0 Å². The first-order valence-corrected chi connectivity index (χ1v) is 7.27. The molecule has 0 bridgehead atoms. The fourth-order valence-electron chi connectivity index (χ4n) is 1.50. The molecule has 0 rings (SSSR count). The molecule has 0 amide bonds. The summed E-state index contributed by atoms with van der Waals surface area (Å²) in [5, 5.41) is 3.72. The van der Waals surface area contributed by atoms with E-state index in [4.69, 9.17) is 11.6 Å². The third kappa shape index (κ3) is 6.97. The topological polar surface area (TPSA) is 12.0 Å². The zero-order chi connectivity index (χ0) is 10.8. The number of rotatable bonds is 9. The van der Waals surface area contributed by atoms with Crippen LogP contribution in [0.3, 0.4) is 0 Å². The molecule has 0 aliphatic carbocycles. The monoisotopic (exact) mass is 237 g/mol. The molecular formula is C11H24ClNS. The molecule has 1 nitrogen and oxygen atoms in total. The van der Waals surface area contributed by atoms with Crippen molar-refractivity contribution < 1.29 is 0 Å². The summed E-state index contributed by atoms with van der Waals surface area (Å²) in [6, 6.07) is 0. The van der Waals surface area contributed by atoms with Gasteiger partial charge < -0.3 is 5.32 Å². The average molecular weight is 238 g/mol. The van der Waals surface area contributed by atoms with Crippen LogP contribution in [0.25, 0.3) is 0 Å². The van der Waals surface area contributed by atoms with Crippen LogP contribution in [0.1, 0.15) is 33.6 Å². The van der Waals surface area contributed by atoms with Gasteiger partial charge in [-0.25, -0.2) is 0 Å². The minimum absolute atomic E-state index is 0.302. The highest BCUT2D eigenvalue weighted by Gasteiger charge is 2.14. The lowest BCUT2D eigenvalue weighted by atomic mass is 9.99. The molecule has 0 fully saturated rings. The summed E-state index contributed by atoms with van der Waals surface area (Å²) in [5.41, 5.74) is 0. The van der Waals surface area contributed by atoms with Crippen molar-refractivity contribution in [1.82, 2.24) is 5.32 Å². The van der Waals surface area contributed by atoms with Crippen molar-refractivity contribution in [3.63, 3.8) is 0 Å². The average Bonchev–Trinajstić information content (AvgIpc) is 2.19. The highest BCUT2D eigenvalue weighted by molar-refractivity contribution is 7.99. The maximum Gasteiger partial charge on any atom is 0.0488 e. The van der Waals surface area contributed by atoms with E-state index in [1.807, 2.05) is 11.8 Å². The van der Waals surface area contributed by atoms with E-state index < -0.39 is 0 Å². The normalized spacial score (nSPS) is 13.5. The van der Waals surface area contributed by atoms with Crippen molar-refractivity contribution >= 4 is 23.4 Å². The second kappa shape index (κ2) is 10.1. The number of hydrogen-bond acceptors (Lipinski definition) is 2. The quantitative estimate of drug-likeness (QED) is 0.488. The first-order chi connectivity index (χ1) is 6.76. The lowest BCUT2D eigenvalue weighted by Gasteiger charge is -2.19. The van der Waals surface area contributed by atoms with E-state index in [1.165, 1.54) is 24.3 Å². The van der Waals surface area contributed by atoms with Gasteiger partial charge in [0.25, 0.3) is 0 Å². The highest BCUT2D eigenvalue weighted by atomic mass is 35.5. The van der Waals surface area contributed by atoms with E-state index >= 15 is 0 Å². The summed E-state index contributed by atoms with van der Waals surface area (Å²) >= 11 is 8.26. The fourth-order valence-corrected chi connectivity index (χ4v) is 2.54. The van der Waals surface area contributed by atoms with Gasteiger partial charge in [-0.3, -0.25) is 0 Å². The first kappa shape index (κ1) is 14.6. The van der Waals surface area contributed by atoms with Crippen molar-refractivity contribution in [3.8, 4) is 0 Å². The third-order valence-electron chi connectivity index (χ3n) is 2.53. The number of nitrogens with one attached hydrogen (secondary N) is 1. The van der Waals surface area contributed by atoms with E-state index in [2.05, 4.69) is 26.1 Å². The predicted molar refractivity (Wildman–Crippen MR) is 69.6 cm³/mol. The molecule has 0 saturated carbocycles. The minimum Gasteiger partial charge on any atom is -0.314 e. The van der Waals surface area contributed by atoms with Crippen molar-refractivity contribution in [2.45, 2.75) is 39.0 Å². The van der Waals surface area contributed by atoms with Crippen LogP contribution >= 0.6 is 23.4 Å². The smallest absolute Gasteiger partial charge is 0.0488 e. The predicted octanol–water partition coefficient (Wildman–Crippen LogP) is 3.37. The molecule has 86 valence electrons. The Balaban J connectivity index is 3.37. The molecule has 0 aromatic heterocycles. The first-order valence-electron chi connectivity index (χ1n) is 5.68. The van der Waals surface area contributed by atoms with E-state index in [1.54, 1.807) is 0 Å². The lowest BCUT2D eigenvalue weighted by molar-refractivity contribution is 0.450. The molecule has 0 aromatic rings. The Kier molecular flexibility index (Phi) is 10.6. The van der Waals surface area contributed by atoms with E-state index in [0.717, 1.165) is 13.1 Å². The van der Waals surface area contributed by atoms with Crippen molar-refractivity contribution in [3.05, 3.63) is 0 Å². The van der Waals surface area contributed by atoms with Gasteiger partial charge in [0.1, 0.15) is 0 Å². The van der Waals surface area contributed by atoms with Gasteiger partial charge in [0.05, 0.1) is 0 Å². The van der Waals surface area contributed by atoms with Crippen LogP contribution in [0.5, 0.6) is 0 Å². The van der Waals surface area contributed by atoms with E-state index in [-0.39, 0.29) is 0 Å². The van der Waals surface area contributed by atoms with E-state index in [9.17, 15) is 0 Å². The lowest BCUT2D eigenvalue weighted by Crippen LogP contribution is -2.30. The number of thioether (sulfide) groups is 1. The summed E-state index contributed by atoms with van der Waals surface area (Å²) in [7, 11) is 0. The Labute approximate surface area is 98.4 Å². The Morgan fingerprint density at radius 2 is 1.86 bits per heavy atom. The summed E-state index contributed by atoms with van der Waals surface area (Å²) in [6.07, 6.45) is 2.38. The molecule has 1 unspecified atom stereocenters. The van der Waals surface area contributed by atoms with Gasteiger partial charge in [-0.15, -0.1) is 11.6 Å². The Morgan fingerprint density at radius 1 is 1.21 bits per heavy atom. The molecule has 0 spiro atoms. The SMILES string of the molecule is CCSCCNCC(Cl)C(CC)CC. The summed E-state index contributed by atoms with van der Waals surface area (Å²) in [6.45, 7) is 8.67. The van der Waals surface area contributed by atoms with Crippen LogP contribution in [-0.2, 0) is 0 Å². The number of alkyl halides is 1. The summed E-state index contributed by atoms with van der Waals surface area (Å²) < 4.78 is 0. The molecule has 0 aliphatic rings. The van der Waals surface area contributed by atoms with Crippen LogP contribution in [0.4, 0.5) is 0 Å². The van der Waals surface area contributed by atoms with Crippen molar-refractivity contribution in [2.24, 2.45) is 5.92 Å². The van der Waals surface area contributed by atoms with Gasteiger partial charge in [-0.1, -0.05) is 33.6 Å². The van der Waals surface area contributed by atoms with Crippen molar-refractivity contribution in [2.75, 3.05) is 24.6 Å². The highest BCUT2D eigenvalue weighted by Crippen LogP contribution is 2.17. The van der Waals surface area contributed by atoms with Gasteiger partial charge in [0.2, 0.25) is 0 Å². The molecule has 3 heteroatoms. The van der Waals surface area contributed by atoms with Crippen molar-refractivity contribution in [1.29, 1.82) is 0 Å². The zero-order valence-electron chi connectivity index (χ0n) is 9.68. The minimum atomic E-state index is 0.302. The van der Waals surface area contributed by atoms with Crippen LogP contribution < -0.4 is 5.32 Å². The van der Waals surface area contributed by atoms with Gasteiger partial charge in [0, 0.05) is 24.2 Å². The molecule has 0 saturated heterocycles. The molecule has 1 N–H and O–H groups in total. The molecule has 14 heavy (non-hydrogen) atoms.